The SMILES string of the molecule is O=C(N/N=C/c1cc(Cl)ccc1OCc1c(F)cccc1Cl)c1cc(Cl)ccc1O. The van der Waals surface area contributed by atoms with Gasteiger partial charge < -0.3 is 9.84 Å². The number of aromatic hydroxyl groups is 1. The van der Waals surface area contributed by atoms with Gasteiger partial charge in [0.15, 0.2) is 0 Å². The number of hydrazone groups is 1. The van der Waals surface area contributed by atoms with Gasteiger partial charge in [-0.25, -0.2) is 9.82 Å². The Morgan fingerprint density at radius 3 is 2.60 bits per heavy atom. The molecule has 30 heavy (non-hydrogen) atoms. The Labute approximate surface area is 186 Å². The summed E-state index contributed by atoms with van der Waals surface area (Å²) in [5.41, 5.74) is 2.90. The number of nitrogens with one attached hydrogen (secondary N) is 1. The van der Waals surface area contributed by atoms with Gasteiger partial charge in [-0.1, -0.05) is 40.9 Å². The van der Waals surface area contributed by atoms with Crippen LogP contribution in [-0.4, -0.2) is 17.2 Å². The summed E-state index contributed by atoms with van der Waals surface area (Å²) in [5, 5.41) is 14.6. The van der Waals surface area contributed by atoms with Crippen molar-refractivity contribution >= 4 is 46.9 Å². The number of carbonyl (C=O) groups excluding carboxylic acids is 1. The van der Waals surface area contributed by atoms with Gasteiger partial charge in [-0.05, 0) is 48.5 Å². The molecule has 0 saturated heterocycles. The summed E-state index contributed by atoms with van der Waals surface area (Å²) in [6, 6.07) is 13.2. The minimum Gasteiger partial charge on any atom is -0.507 e. The van der Waals surface area contributed by atoms with E-state index in [9.17, 15) is 14.3 Å². The molecule has 3 aromatic rings. The van der Waals surface area contributed by atoms with Crippen LogP contribution in [0.25, 0.3) is 0 Å². The monoisotopic (exact) mass is 466 g/mol. The van der Waals surface area contributed by atoms with Crippen LogP contribution in [0.5, 0.6) is 11.5 Å². The number of nitrogens with zero attached hydrogens (tertiary/aromatic N) is 1. The van der Waals surface area contributed by atoms with E-state index in [1.165, 1.54) is 36.5 Å². The van der Waals surface area contributed by atoms with Gasteiger partial charge in [-0.3, -0.25) is 4.79 Å². The highest BCUT2D eigenvalue weighted by molar-refractivity contribution is 6.31. The molecule has 0 aliphatic rings. The Bertz CT molecular complexity index is 1100. The molecule has 1 amide bonds. The van der Waals surface area contributed by atoms with Crippen molar-refractivity contribution < 1.29 is 19.0 Å². The number of hydrogen-bond donors (Lipinski definition) is 2. The molecule has 154 valence electrons. The molecule has 0 saturated carbocycles. The first-order valence-corrected chi connectivity index (χ1v) is 9.65. The maximum Gasteiger partial charge on any atom is 0.275 e. The number of halogens is 4. The third-order valence-electron chi connectivity index (χ3n) is 3.98. The number of benzene rings is 3. The molecular formula is C21H14Cl3FN2O3. The standard InChI is InChI=1S/C21H14Cl3FN2O3/c22-13-5-7-20(30-11-16-17(24)2-1-3-18(16)25)12(8-13)10-26-27-21(29)15-9-14(23)4-6-19(15)28/h1-10,28H,11H2,(H,27,29)/b26-10+. The fourth-order valence-electron chi connectivity index (χ4n) is 2.48. The first-order valence-electron chi connectivity index (χ1n) is 8.52. The van der Waals surface area contributed by atoms with Crippen molar-refractivity contribution in [3.05, 3.63) is 92.2 Å². The second-order valence-electron chi connectivity index (χ2n) is 6.03. The topological polar surface area (TPSA) is 70.9 Å². The second kappa shape index (κ2) is 9.80. The molecule has 3 aromatic carbocycles. The summed E-state index contributed by atoms with van der Waals surface area (Å²) in [6.07, 6.45) is 1.31. The highest BCUT2D eigenvalue weighted by atomic mass is 35.5. The number of phenols is 1. The summed E-state index contributed by atoms with van der Waals surface area (Å²) in [7, 11) is 0. The quantitative estimate of drug-likeness (QED) is 0.354. The number of amides is 1. The van der Waals surface area contributed by atoms with Crippen LogP contribution in [-0.2, 0) is 6.61 Å². The normalized spacial score (nSPS) is 10.9. The zero-order chi connectivity index (χ0) is 21.7. The number of carbonyl (C=O) groups is 1. The molecule has 0 unspecified atom stereocenters. The van der Waals surface area contributed by atoms with Crippen molar-refractivity contribution in [3.8, 4) is 11.5 Å². The lowest BCUT2D eigenvalue weighted by atomic mass is 10.2. The summed E-state index contributed by atoms with van der Waals surface area (Å²) < 4.78 is 19.6. The molecule has 0 radical (unpaired) electrons. The maximum absolute atomic E-state index is 13.9. The van der Waals surface area contributed by atoms with Crippen LogP contribution in [0.2, 0.25) is 15.1 Å². The van der Waals surface area contributed by atoms with Crippen LogP contribution in [0.15, 0.2) is 59.7 Å². The summed E-state index contributed by atoms with van der Waals surface area (Å²) in [5.74, 6) is -1.03. The molecule has 2 N–H and O–H groups in total. The van der Waals surface area contributed by atoms with E-state index in [1.54, 1.807) is 24.3 Å². The molecular weight excluding hydrogens is 454 g/mol. The van der Waals surface area contributed by atoms with E-state index in [2.05, 4.69) is 10.5 Å². The third kappa shape index (κ3) is 5.42. The minimum atomic E-state index is -0.658. The van der Waals surface area contributed by atoms with Gasteiger partial charge in [0.25, 0.3) is 5.91 Å². The lowest BCUT2D eigenvalue weighted by molar-refractivity contribution is 0.0952. The van der Waals surface area contributed by atoms with Gasteiger partial charge in [-0.2, -0.15) is 5.10 Å². The number of rotatable bonds is 6. The largest absolute Gasteiger partial charge is 0.507 e. The number of hydrogen-bond acceptors (Lipinski definition) is 4. The van der Waals surface area contributed by atoms with E-state index in [-0.39, 0.29) is 28.5 Å². The Kier molecular flexibility index (Phi) is 7.15. The van der Waals surface area contributed by atoms with E-state index in [0.717, 1.165) is 0 Å². The van der Waals surface area contributed by atoms with Crippen molar-refractivity contribution in [1.82, 2.24) is 5.43 Å². The Morgan fingerprint density at radius 1 is 1.10 bits per heavy atom. The molecule has 0 heterocycles. The summed E-state index contributed by atoms with van der Waals surface area (Å²) in [6.45, 7) is -0.114. The zero-order valence-corrected chi connectivity index (χ0v) is 17.5. The van der Waals surface area contributed by atoms with Crippen molar-refractivity contribution in [2.75, 3.05) is 0 Å². The number of phenolic OH excluding ortho intramolecular Hbond substituents is 1. The fourth-order valence-corrected chi connectivity index (χ4v) is 3.05. The van der Waals surface area contributed by atoms with Crippen LogP contribution in [0.1, 0.15) is 21.5 Å². The molecule has 0 atom stereocenters. The molecule has 0 bridgehead atoms. The van der Waals surface area contributed by atoms with Crippen molar-refractivity contribution in [2.45, 2.75) is 6.61 Å². The third-order valence-corrected chi connectivity index (χ3v) is 4.80. The average Bonchev–Trinajstić information content (AvgIpc) is 2.70. The second-order valence-corrected chi connectivity index (χ2v) is 7.31. The molecule has 0 spiro atoms. The molecule has 0 aromatic heterocycles. The van der Waals surface area contributed by atoms with Crippen LogP contribution in [0.3, 0.4) is 0 Å². The van der Waals surface area contributed by atoms with Gasteiger partial charge in [-0.15, -0.1) is 0 Å². The Morgan fingerprint density at radius 2 is 1.83 bits per heavy atom. The molecule has 9 heteroatoms. The lowest BCUT2D eigenvalue weighted by Crippen LogP contribution is -2.17. The van der Waals surface area contributed by atoms with E-state index in [4.69, 9.17) is 39.5 Å². The van der Waals surface area contributed by atoms with Gasteiger partial charge in [0.05, 0.1) is 16.8 Å². The fraction of sp³-hybridized carbons (Fsp3) is 0.0476. The highest BCUT2D eigenvalue weighted by Gasteiger charge is 2.12. The molecule has 0 aliphatic heterocycles. The van der Waals surface area contributed by atoms with Crippen molar-refractivity contribution in [1.29, 1.82) is 0 Å². The first-order chi connectivity index (χ1) is 14.3. The smallest absolute Gasteiger partial charge is 0.275 e. The Hall–Kier alpha value is -2.80. The van der Waals surface area contributed by atoms with Gasteiger partial charge in [0.2, 0.25) is 0 Å². The Balaban J connectivity index is 1.75. The van der Waals surface area contributed by atoms with E-state index >= 15 is 0 Å². The maximum atomic E-state index is 13.9. The van der Waals surface area contributed by atoms with Crippen LogP contribution in [0, 0.1) is 5.82 Å². The van der Waals surface area contributed by atoms with Crippen molar-refractivity contribution in [3.63, 3.8) is 0 Å². The minimum absolute atomic E-state index is 0.0311. The predicted octanol–water partition coefficient (Wildman–Crippen LogP) is 5.83. The van der Waals surface area contributed by atoms with Gasteiger partial charge >= 0.3 is 0 Å². The van der Waals surface area contributed by atoms with Crippen molar-refractivity contribution in [2.24, 2.45) is 5.10 Å². The molecule has 0 fully saturated rings. The van der Waals surface area contributed by atoms with E-state index < -0.39 is 11.7 Å². The van der Waals surface area contributed by atoms with Crippen LogP contribution >= 0.6 is 34.8 Å². The first kappa shape index (κ1) is 21.9. The van der Waals surface area contributed by atoms with E-state index in [1.807, 2.05) is 0 Å². The van der Waals surface area contributed by atoms with Crippen LogP contribution < -0.4 is 10.2 Å². The molecule has 5 nitrogen and oxygen atoms in total. The predicted molar refractivity (Wildman–Crippen MR) is 115 cm³/mol. The highest BCUT2D eigenvalue weighted by Crippen LogP contribution is 2.25. The van der Waals surface area contributed by atoms with Gasteiger partial charge in [0, 0.05) is 21.2 Å². The van der Waals surface area contributed by atoms with E-state index in [0.29, 0.717) is 21.4 Å². The number of ether oxygens (including phenoxy) is 1. The zero-order valence-electron chi connectivity index (χ0n) is 15.2. The summed E-state index contributed by atoms with van der Waals surface area (Å²) in [4.78, 5) is 12.2. The van der Waals surface area contributed by atoms with Gasteiger partial charge in [0.1, 0.15) is 23.9 Å². The van der Waals surface area contributed by atoms with Crippen LogP contribution in [0.4, 0.5) is 4.39 Å². The summed E-state index contributed by atoms with van der Waals surface area (Å²) >= 11 is 17.9. The molecule has 3 rings (SSSR count). The lowest BCUT2D eigenvalue weighted by Gasteiger charge is -2.11. The average molecular weight is 468 g/mol. The molecule has 0 aliphatic carbocycles.